The third-order valence-corrected chi connectivity index (χ3v) is 3.37. The van der Waals surface area contributed by atoms with Gasteiger partial charge in [-0.15, -0.1) is 0 Å². The molecule has 0 aromatic heterocycles. The molecular weight excluding hydrogens is 289 g/mol. The molecule has 0 unspecified atom stereocenters. The number of alkyl halides is 3. The van der Waals surface area contributed by atoms with Gasteiger partial charge in [0.15, 0.2) is 0 Å². The summed E-state index contributed by atoms with van der Waals surface area (Å²) in [6.07, 6.45) is -4.81. The summed E-state index contributed by atoms with van der Waals surface area (Å²) in [6.45, 7) is 1.58. The van der Waals surface area contributed by atoms with E-state index in [1.807, 2.05) is 5.32 Å². The number of hydrogen-bond donors (Lipinski definition) is 3. The number of carbonyl (C=O) groups excluding carboxylic acids is 1. The lowest BCUT2D eigenvalue weighted by atomic mass is 10.1. The van der Waals surface area contributed by atoms with E-state index in [2.05, 4.69) is 5.32 Å². The van der Waals surface area contributed by atoms with Crippen LogP contribution in [0.25, 0.3) is 0 Å². The molecule has 3 N–H and O–H groups in total. The lowest BCUT2D eigenvalue weighted by Crippen LogP contribution is -2.49. The molecule has 1 aromatic rings. The van der Waals surface area contributed by atoms with Crippen LogP contribution in [0.5, 0.6) is 0 Å². The highest BCUT2D eigenvalue weighted by atomic mass is 19.4. The minimum Gasteiger partial charge on any atom is -0.478 e. The zero-order valence-electron chi connectivity index (χ0n) is 11.0. The maximum atomic E-state index is 12.7. The van der Waals surface area contributed by atoms with E-state index in [1.54, 1.807) is 6.92 Å². The number of benzene rings is 1. The quantitative estimate of drug-likeness (QED) is 0.803. The lowest BCUT2D eigenvalue weighted by Gasteiger charge is -2.21. The topological polar surface area (TPSA) is 78.4 Å². The first-order valence-electron chi connectivity index (χ1n) is 6.14. The molecule has 1 fully saturated rings. The molecule has 0 atom stereocenters. The average molecular weight is 302 g/mol. The summed E-state index contributed by atoms with van der Waals surface area (Å²) in [5.74, 6) is -1.18. The van der Waals surface area contributed by atoms with Crippen LogP contribution in [0, 0.1) is 6.92 Å². The van der Waals surface area contributed by atoms with Crippen LogP contribution in [0.4, 0.5) is 23.7 Å². The van der Waals surface area contributed by atoms with Crippen LogP contribution in [-0.4, -0.2) is 28.8 Å². The monoisotopic (exact) mass is 302 g/mol. The normalized spacial score (nSPS) is 16.2. The van der Waals surface area contributed by atoms with Crippen molar-refractivity contribution in [2.75, 3.05) is 5.32 Å². The number of urea groups is 1. The van der Waals surface area contributed by atoms with Crippen molar-refractivity contribution in [3.8, 4) is 0 Å². The molecule has 0 radical (unpaired) electrons. The first kappa shape index (κ1) is 15.1. The second-order valence-electron chi connectivity index (χ2n) is 4.99. The second-order valence-corrected chi connectivity index (χ2v) is 4.99. The SMILES string of the molecule is Cc1ccc(NC(=O)NC2(C(F)(F)F)CC2)cc1C(=O)O. The first-order chi connectivity index (χ1) is 9.64. The fraction of sp³-hybridized carbons (Fsp3) is 0.385. The molecule has 114 valence electrons. The number of aromatic carboxylic acids is 1. The van der Waals surface area contributed by atoms with Crippen LogP contribution in [-0.2, 0) is 0 Å². The van der Waals surface area contributed by atoms with Gasteiger partial charge in [-0.3, -0.25) is 0 Å². The fourth-order valence-corrected chi connectivity index (χ4v) is 1.91. The predicted molar refractivity (Wildman–Crippen MR) is 68.3 cm³/mol. The molecule has 1 aliphatic carbocycles. The van der Waals surface area contributed by atoms with Crippen molar-refractivity contribution in [2.45, 2.75) is 31.5 Å². The third kappa shape index (κ3) is 3.09. The van der Waals surface area contributed by atoms with Crippen LogP contribution in [0.15, 0.2) is 18.2 Å². The highest BCUT2D eigenvalue weighted by Crippen LogP contribution is 2.48. The van der Waals surface area contributed by atoms with Gasteiger partial charge in [-0.2, -0.15) is 13.2 Å². The number of aryl methyl sites for hydroxylation is 1. The van der Waals surface area contributed by atoms with Crippen LogP contribution in [0.2, 0.25) is 0 Å². The number of rotatable bonds is 3. The van der Waals surface area contributed by atoms with Gasteiger partial charge >= 0.3 is 18.2 Å². The molecule has 0 bridgehead atoms. The van der Waals surface area contributed by atoms with Gasteiger partial charge in [0, 0.05) is 5.69 Å². The zero-order chi connectivity index (χ0) is 15.8. The highest BCUT2D eigenvalue weighted by Gasteiger charge is 2.64. The summed E-state index contributed by atoms with van der Waals surface area (Å²) < 4.78 is 38.1. The smallest absolute Gasteiger partial charge is 0.411 e. The van der Waals surface area contributed by atoms with Gasteiger partial charge in [-0.25, -0.2) is 9.59 Å². The molecule has 21 heavy (non-hydrogen) atoms. The Hall–Kier alpha value is -2.25. The Morgan fingerprint density at radius 2 is 1.90 bits per heavy atom. The number of anilines is 1. The number of hydrogen-bond acceptors (Lipinski definition) is 2. The van der Waals surface area contributed by atoms with E-state index in [4.69, 9.17) is 5.11 Å². The van der Waals surface area contributed by atoms with E-state index in [-0.39, 0.29) is 24.1 Å². The van der Waals surface area contributed by atoms with Crippen molar-refractivity contribution in [2.24, 2.45) is 0 Å². The van der Waals surface area contributed by atoms with Crippen molar-refractivity contribution in [3.63, 3.8) is 0 Å². The molecule has 0 spiro atoms. The first-order valence-corrected chi connectivity index (χ1v) is 6.14. The van der Waals surface area contributed by atoms with E-state index < -0.39 is 23.7 Å². The fourth-order valence-electron chi connectivity index (χ4n) is 1.91. The number of amides is 2. The molecule has 0 saturated heterocycles. The standard InChI is InChI=1S/C13H13F3N2O3/c1-7-2-3-8(6-9(7)10(19)20)17-11(21)18-12(4-5-12)13(14,15)16/h2-3,6H,4-5H2,1H3,(H,19,20)(H2,17,18,21). The lowest BCUT2D eigenvalue weighted by molar-refractivity contribution is -0.162. The number of nitrogens with one attached hydrogen (secondary N) is 2. The average Bonchev–Trinajstić information content (AvgIpc) is 3.11. The van der Waals surface area contributed by atoms with Crippen LogP contribution in [0.1, 0.15) is 28.8 Å². The minimum absolute atomic E-state index is 0.0234. The van der Waals surface area contributed by atoms with E-state index in [1.165, 1.54) is 18.2 Å². The molecule has 1 aromatic carbocycles. The van der Waals surface area contributed by atoms with Gasteiger partial charge in [0.05, 0.1) is 5.56 Å². The Bertz CT molecular complexity index is 595. The Labute approximate surface area is 118 Å². The van der Waals surface area contributed by atoms with Gasteiger partial charge in [0.1, 0.15) is 5.54 Å². The highest BCUT2D eigenvalue weighted by molar-refractivity contribution is 5.94. The Balaban J connectivity index is 2.07. The molecule has 2 amide bonds. The van der Waals surface area contributed by atoms with Crippen molar-refractivity contribution >= 4 is 17.7 Å². The number of carboxylic acid groups (broad SMARTS) is 1. The maximum Gasteiger partial charge on any atom is 0.411 e. The van der Waals surface area contributed by atoms with Crippen molar-refractivity contribution in [1.29, 1.82) is 0 Å². The van der Waals surface area contributed by atoms with E-state index in [9.17, 15) is 22.8 Å². The summed E-state index contributed by atoms with van der Waals surface area (Å²) >= 11 is 0. The van der Waals surface area contributed by atoms with Crippen LogP contribution in [0.3, 0.4) is 0 Å². The Kier molecular flexibility index (Phi) is 3.56. The molecule has 2 rings (SSSR count). The third-order valence-electron chi connectivity index (χ3n) is 3.37. The molecule has 8 heteroatoms. The second kappa shape index (κ2) is 4.94. The molecular formula is C13H13F3N2O3. The number of carbonyl (C=O) groups is 2. The van der Waals surface area contributed by atoms with E-state index in [0.717, 1.165) is 0 Å². The largest absolute Gasteiger partial charge is 0.478 e. The summed E-state index contributed by atoms with van der Waals surface area (Å²) in [7, 11) is 0. The summed E-state index contributed by atoms with van der Waals surface area (Å²) in [4.78, 5) is 22.6. The molecule has 1 saturated carbocycles. The summed E-state index contributed by atoms with van der Waals surface area (Å²) in [5, 5.41) is 13.1. The number of carboxylic acids is 1. The summed E-state index contributed by atoms with van der Waals surface area (Å²) in [5.41, 5.74) is -1.57. The van der Waals surface area contributed by atoms with E-state index in [0.29, 0.717) is 5.56 Å². The number of halogens is 3. The van der Waals surface area contributed by atoms with Crippen molar-refractivity contribution < 1.29 is 27.9 Å². The minimum atomic E-state index is -4.50. The van der Waals surface area contributed by atoms with Crippen molar-refractivity contribution in [3.05, 3.63) is 29.3 Å². The predicted octanol–water partition coefficient (Wildman–Crippen LogP) is 2.91. The van der Waals surface area contributed by atoms with Gasteiger partial charge < -0.3 is 15.7 Å². The van der Waals surface area contributed by atoms with Crippen molar-refractivity contribution in [1.82, 2.24) is 5.32 Å². The van der Waals surface area contributed by atoms with Gasteiger partial charge in [0.2, 0.25) is 0 Å². The molecule has 0 heterocycles. The van der Waals surface area contributed by atoms with E-state index >= 15 is 0 Å². The van der Waals surface area contributed by atoms with Gasteiger partial charge in [0.25, 0.3) is 0 Å². The zero-order valence-corrected chi connectivity index (χ0v) is 11.0. The molecule has 1 aliphatic rings. The van der Waals surface area contributed by atoms with Gasteiger partial charge in [-0.05, 0) is 37.5 Å². The summed E-state index contributed by atoms with van der Waals surface area (Å²) in [6, 6.07) is 3.08. The molecule has 5 nitrogen and oxygen atoms in total. The van der Waals surface area contributed by atoms with Crippen LogP contribution < -0.4 is 10.6 Å². The van der Waals surface area contributed by atoms with Crippen LogP contribution >= 0.6 is 0 Å². The molecule has 0 aliphatic heterocycles. The maximum absolute atomic E-state index is 12.7. The Morgan fingerprint density at radius 1 is 1.29 bits per heavy atom. The van der Waals surface area contributed by atoms with Gasteiger partial charge in [-0.1, -0.05) is 6.07 Å². The Morgan fingerprint density at radius 3 is 2.38 bits per heavy atom.